The van der Waals surface area contributed by atoms with Gasteiger partial charge >= 0.3 is 5.69 Å². The van der Waals surface area contributed by atoms with Crippen LogP contribution in [-0.2, 0) is 13.1 Å². The van der Waals surface area contributed by atoms with E-state index in [0.29, 0.717) is 23.5 Å². The highest BCUT2D eigenvalue weighted by Gasteiger charge is 2.14. The van der Waals surface area contributed by atoms with Crippen LogP contribution in [0.5, 0.6) is 0 Å². The maximum absolute atomic E-state index is 13.1. The lowest BCUT2D eigenvalue weighted by Gasteiger charge is -2.14. The molecule has 2 heterocycles. The molecule has 0 unspecified atom stereocenters. The maximum atomic E-state index is 13.1. The van der Waals surface area contributed by atoms with Gasteiger partial charge in [-0.3, -0.25) is 13.9 Å². The van der Waals surface area contributed by atoms with Crippen LogP contribution in [0.15, 0.2) is 52.2 Å². The summed E-state index contributed by atoms with van der Waals surface area (Å²) in [5.41, 5.74) is 0.414. The zero-order chi connectivity index (χ0) is 18.0. The van der Waals surface area contributed by atoms with Crippen molar-refractivity contribution in [2.45, 2.75) is 33.4 Å². The van der Waals surface area contributed by atoms with Crippen LogP contribution in [0.2, 0.25) is 0 Å². The van der Waals surface area contributed by atoms with Crippen molar-refractivity contribution in [1.82, 2.24) is 14.1 Å². The standard InChI is InChI=1S/C19H20FN3O2/c1-13(2)9-11-22-18(24)16-4-3-10-21-17(16)23(19(22)25)12-14-5-7-15(20)8-6-14/h3-8,10,13H,9,11-12H2,1-2H3. The predicted molar refractivity (Wildman–Crippen MR) is 95.2 cm³/mol. The number of aromatic nitrogens is 3. The lowest BCUT2D eigenvalue weighted by molar-refractivity contribution is 0.485. The SMILES string of the molecule is CC(C)CCn1c(=O)c2cccnc2n(Cc2ccc(F)cc2)c1=O. The van der Waals surface area contributed by atoms with Gasteiger partial charge in [-0.2, -0.15) is 0 Å². The molecule has 1 aromatic carbocycles. The first-order chi connectivity index (χ1) is 12.0. The lowest BCUT2D eigenvalue weighted by atomic mass is 10.1. The van der Waals surface area contributed by atoms with Gasteiger partial charge in [0.25, 0.3) is 5.56 Å². The third-order valence-electron chi connectivity index (χ3n) is 4.16. The average Bonchev–Trinajstić information content (AvgIpc) is 2.60. The summed E-state index contributed by atoms with van der Waals surface area (Å²) in [4.78, 5) is 29.8. The van der Waals surface area contributed by atoms with Gasteiger partial charge in [0.15, 0.2) is 0 Å². The van der Waals surface area contributed by atoms with Gasteiger partial charge in [0.1, 0.15) is 11.5 Å². The molecule has 0 radical (unpaired) electrons. The van der Waals surface area contributed by atoms with Gasteiger partial charge in [0, 0.05) is 12.7 Å². The highest BCUT2D eigenvalue weighted by Crippen LogP contribution is 2.09. The predicted octanol–water partition coefficient (Wildman–Crippen LogP) is 2.79. The molecule has 0 fully saturated rings. The number of benzene rings is 1. The monoisotopic (exact) mass is 341 g/mol. The summed E-state index contributed by atoms with van der Waals surface area (Å²) in [6, 6.07) is 9.32. The third kappa shape index (κ3) is 3.52. The smallest absolute Gasteiger partial charge is 0.273 e. The fourth-order valence-corrected chi connectivity index (χ4v) is 2.75. The molecule has 0 amide bonds. The number of fused-ring (bicyclic) bond motifs is 1. The Labute approximate surface area is 144 Å². The molecule has 5 nitrogen and oxygen atoms in total. The Balaban J connectivity index is 2.17. The molecule has 0 saturated heterocycles. The molecule has 0 aliphatic rings. The van der Waals surface area contributed by atoms with E-state index in [1.807, 2.05) is 13.8 Å². The summed E-state index contributed by atoms with van der Waals surface area (Å²) in [6.07, 6.45) is 2.29. The number of nitrogens with zero attached hydrogens (tertiary/aromatic N) is 3. The van der Waals surface area contributed by atoms with Crippen molar-refractivity contribution in [1.29, 1.82) is 0 Å². The van der Waals surface area contributed by atoms with Crippen molar-refractivity contribution >= 4 is 11.0 Å². The van der Waals surface area contributed by atoms with Crippen molar-refractivity contribution in [3.05, 3.63) is 74.8 Å². The minimum atomic E-state index is -0.388. The molecule has 0 aliphatic carbocycles. The van der Waals surface area contributed by atoms with E-state index in [-0.39, 0.29) is 23.6 Å². The molecule has 6 heteroatoms. The number of hydrogen-bond donors (Lipinski definition) is 0. The van der Waals surface area contributed by atoms with E-state index < -0.39 is 0 Å². The van der Waals surface area contributed by atoms with Gasteiger partial charge in [0.05, 0.1) is 11.9 Å². The van der Waals surface area contributed by atoms with E-state index in [4.69, 9.17) is 0 Å². The lowest BCUT2D eigenvalue weighted by Crippen LogP contribution is -2.40. The van der Waals surface area contributed by atoms with E-state index in [9.17, 15) is 14.0 Å². The quantitative estimate of drug-likeness (QED) is 0.717. The Morgan fingerprint density at radius 1 is 1.08 bits per heavy atom. The van der Waals surface area contributed by atoms with Crippen molar-refractivity contribution < 1.29 is 4.39 Å². The average molecular weight is 341 g/mol. The van der Waals surface area contributed by atoms with Gasteiger partial charge in [-0.15, -0.1) is 0 Å². The minimum Gasteiger partial charge on any atom is -0.273 e. The highest BCUT2D eigenvalue weighted by atomic mass is 19.1. The van der Waals surface area contributed by atoms with E-state index in [1.165, 1.54) is 21.3 Å². The molecular formula is C19H20FN3O2. The Morgan fingerprint density at radius 2 is 1.80 bits per heavy atom. The van der Waals surface area contributed by atoms with Gasteiger partial charge < -0.3 is 0 Å². The van der Waals surface area contributed by atoms with Crippen LogP contribution in [0.1, 0.15) is 25.8 Å². The van der Waals surface area contributed by atoms with Crippen molar-refractivity contribution in [3.8, 4) is 0 Å². The number of pyridine rings is 1. The summed E-state index contributed by atoms with van der Waals surface area (Å²) in [6.45, 7) is 4.69. The number of hydrogen-bond acceptors (Lipinski definition) is 3. The highest BCUT2D eigenvalue weighted by molar-refractivity contribution is 5.73. The molecule has 2 aromatic heterocycles. The minimum absolute atomic E-state index is 0.231. The molecule has 25 heavy (non-hydrogen) atoms. The van der Waals surface area contributed by atoms with Crippen molar-refractivity contribution in [3.63, 3.8) is 0 Å². The Kier molecular flexibility index (Phi) is 4.79. The van der Waals surface area contributed by atoms with Gasteiger partial charge in [0.2, 0.25) is 0 Å². The molecule has 0 aliphatic heterocycles. The van der Waals surface area contributed by atoms with Crippen LogP contribution in [0, 0.1) is 11.7 Å². The summed E-state index contributed by atoms with van der Waals surface area (Å²) < 4.78 is 15.9. The number of halogens is 1. The fraction of sp³-hybridized carbons (Fsp3) is 0.316. The maximum Gasteiger partial charge on any atom is 0.332 e. The number of rotatable bonds is 5. The second-order valence-electron chi connectivity index (χ2n) is 6.51. The normalized spacial score (nSPS) is 11.4. The largest absolute Gasteiger partial charge is 0.332 e. The van der Waals surface area contributed by atoms with Crippen molar-refractivity contribution in [2.75, 3.05) is 0 Å². The van der Waals surface area contributed by atoms with E-state index >= 15 is 0 Å². The molecule has 0 N–H and O–H groups in total. The van der Waals surface area contributed by atoms with Gasteiger partial charge in [-0.1, -0.05) is 26.0 Å². The third-order valence-corrected chi connectivity index (χ3v) is 4.16. The second-order valence-corrected chi connectivity index (χ2v) is 6.51. The van der Waals surface area contributed by atoms with E-state index in [1.54, 1.807) is 30.5 Å². The van der Waals surface area contributed by atoms with E-state index in [2.05, 4.69) is 4.98 Å². The van der Waals surface area contributed by atoms with E-state index in [0.717, 1.165) is 12.0 Å². The molecule has 3 aromatic rings. The zero-order valence-electron chi connectivity index (χ0n) is 14.3. The molecule has 0 saturated carbocycles. The first-order valence-corrected chi connectivity index (χ1v) is 8.30. The van der Waals surface area contributed by atoms with Crippen LogP contribution in [0.4, 0.5) is 4.39 Å². The second kappa shape index (κ2) is 7.01. The molecule has 3 rings (SSSR count). The summed E-state index contributed by atoms with van der Waals surface area (Å²) in [5.74, 6) is 0.0439. The molecule has 0 spiro atoms. The summed E-state index contributed by atoms with van der Waals surface area (Å²) >= 11 is 0. The van der Waals surface area contributed by atoms with Crippen LogP contribution >= 0.6 is 0 Å². The molecule has 0 bridgehead atoms. The Hall–Kier alpha value is -2.76. The van der Waals surface area contributed by atoms with Crippen LogP contribution in [-0.4, -0.2) is 14.1 Å². The van der Waals surface area contributed by atoms with Gasteiger partial charge in [-0.05, 0) is 42.2 Å². The van der Waals surface area contributed by atoms with Crippen LogP contribution < -0.4 is 11.2 Å². The Bertz CT molecular complexity index is 1000. The van der Waals surface area contributed by atoms with Crippen molar-refractivity contribution in [2.24, 2.45) is 5.92 Å². The molecule has 0 atom stereocenters. The fourth-order valence-electron chi connectivity index (χ4n) is 2.75. The first kappa shape index (κ1) is 17.1. The summed E-state index contributed by atoms with van der Waals surface area (Å²) in [5, 5.41) is 0.410. The van der Waals surface area contributed by atoms with Crippen LogP contribution in [0.3, 0.4) is 0 Å². The first-order valence-electron chi connectivity index (χ1n) is 8.30. The zero-order valence-corrected chi connectivity index (χ0v) is 14.3. The van der Waals surface area contributed by atoms with Crippen LogP contribution in [0.25, 0.3) is 11.0 Å². The molecule has 130 valence electrons. The Morgan fingerprint density at radius 3 is 2.48 bits per heavy atom. The van der Waals surface area contributed by atoms with Gasteiger partial charge in [-0.25, -0.2) is 14.2 Å². The topological polar surface area (TPSA) is 56.9 Å². The molecular weight excluding hydrogens is 321 g/mol. The summed E-state index contributed by atoms with van der Waals surface area (Å²) in [7, 11) is 0.